The molecule has 0 bridgehead atoms. The van der Waals surface area contributed by atoms with Gasteiger partial charge in [-0.25, -0.2) is 0 Å². The monoisotopic (exact) mass is 456 g/mol. The van der Waals surface area contributed by atoms with E-state index < -0.39 is 0 Å². The smallest absolute Gasteiger partial charge is 0.0406 e. The third-order valence-electron chi connectivity index (χ3n) is 5.11. The first-order valence-electron chi connectivity index (χ1n) is 9.03. The van der Waals surface area contributed by atoms with E-state index in [4.69, 9.17) is 23.2 Å². The maximum atomic E-state index is 6.08. The van der Waals surface area contributed by atoms with Gasteiger partial charge in [-0.3, -0.25) is 0 Å². The lowest BCUT2D eigenvalue weighted by atomic mass is 9.80. The first-order chi connectivity index (χ1) is 13.1. The van der Waals surface area contributed by atoms with Gasteiger partial charge in [-0.2, -0.15) is 0 Å². The van der Waals surface area contributed by atoms with Crippen LogP contribution in [-0.2, 0) is 19.3 Å². The molecule has 0 fully saturated rings. The largest absolute Gasteiger partial charge is 0.0843 e. The van der Waals surface area contributed by atoms with Crippen molar-refractivity contribution in [2.24, 2.45) is 0 Å². The molecule has 0 spiro atoms. The van der Waals surface area contributed by atoms with Gasteiger partial charge in [-0.15, -0.1) is 0 Å². The average Bonchev–Trinajstić information content (AvgIpc) is 2.67. The summed E-state index contributed by atoms with van der Waals surface area (Å²) < 4.78 is 0. The standard InChI is InChI=1S/C24H19BrCl2/c25-24-15-18-3-1-2-4-21(18)22(13-16-5-9-19(26)10-6-16)23(24)14-17-7-11-20(27)12-8-17/h1-12,24H,13-15H2. The van der Waals surface area contributed by atoms with Crippen molar-refractivity contribution in [3.05, 3.63) is 111 Å². The summed E-state index contributed by atoms with van der Waals surface area (Å²) in [6.07, 6.45) is 2.84. The van der Waals surface area contributed by atoms with Crippen LogP contribution in [0.2, 0.25) is 10.0 Å². The van der Waals surface area contributed by atoms with Gasteiger partial charge in [0.05, 0.1) is 0 Å². The fraction of sp³-hybridized carbons (Fsp3) is 0.167. The normalized spacial score (nSPS) is 16.3. The van der Waals surface area contributed by atoms with E-state index in [9.17, 15) is 0 Å². The highest BCUT2D eigenvalue weighted by atomic mass is 79.9. The van der Waals surface area contributed by atoms with Crippen LogP contribution in [0.5, 0.6) is 0 Å². The van der Waals surface area contributed by atoms with Gasteiger partial charge in [0.1, 0.15) is 0 Å². The number of halogens is 3. The molecule has 0 aromatic heterocycles. The zero-order valence-electron chi connectivity index (χ0n) is 14.8. The van der Waals surface area contributed by atoms with Crippen LogP contribution < -0.4 is 0 Å². The lowest BCUT2D eigenvalue weighted by Crippen LogP contribution is -2.19. The molecule has 1 aliphatic carbocycles. The van der Waals surface area contributed by atoms with Crippen LogP contribution >= 0.6 is 39.1 Å². The van der Waals surface area contributed by atoms with E-state index in [1.165, 1.54) is 33.4 Å². The van der Waals surface area contributed by atoms with E-state index >= 15 is 0 Å². The van der Waals surface area contributed by atoms with Crippen molar-refractivity contribution in [1.82, 2.24) is 0 Å². The molecule has 0 amide bonds. The van der Waals surface area contributed by atoms with Gasteiger partial charge in [0.15, 0.2) is 0 Å². The third kappa shape index (κ3) is 4.32. The summed E-state index contributed by atoms with van der Waals surface area (Å²) in [5.74, 6) is 0. The molecule has 0 heterocycles. The number of rotatable bonds is 4. The molecule has 27 heavy (non-hydrogen) atoms. The average molecular weight is 458 g/mol. The molecule has 0 aliphatic heterocycles. The van der Waals surface area contributed by atoms with E-state index in [1.54, 1.807) is 0 Å². The Morgan fingerprint density at radius 3 is 1.93 bits per heavy atom. The van der Waals surface area contributed by atoms with Crippen molar-refractivity contribution in [2.45, 2.75) is 24.1 Å². The summed E-state index contributed by atoms with van der Waals surface area (Å²) in [5, 5.41) is 1.55. The Kier molecular flexibility index (Phi) is 5.73. The van der Waals surface area contributed by atoms with Gasteiger partial charge in [-0.05, 0) is 76.9 Å². The Morgan fingerprint density at radius 1 is 0.741 bits per heavy atom. The number of benzene rings is 3. The second kappa shape index (κ2) is 8.22. The summed E-state index contributed by atoms with van der Waals surface area (Å²) in [5.41, 5.74) is 8.20. The Labute approximate surface area is 179 Å². The lowest BCUT2D eigenvalue weighted by Gasteiger charge is -2.28. The van der Waals surface area contributed by atoms with Crippen LogP contribution in [0.1, 0.15) is 22.3 Å². The van der Waals surface area contributed by atoms with Crippen molar-refractivity contribution in [2.75, 3.05) is 0 Å². The molecule has 1 atom stereocenters. The van der Waals surface area contributed by atoms with Crippen LogP contribution in [0.4, 0.5) is 0 Å². The Bertz CT molecular complexity index is 972. The number of fused-ring (bicyclic) bond motifs is 1. The SMILES string of the molecule is Clc1ccc(CC2=C(Cc3ccc(Cl)cc3)C(Br)Cc3ccccc32)cc1. The minimum absolute atomic E-state index is 0.338. The number of allylic oxidation sites excluding steroid dienone is 2. The van der Waals surface area contributed by atoms with Crippen molar-refractivity contribution < 1.29 is 0 Å². The van der Waals surface area contributed by atoms with Crippen LogP contribution in [0.15, 0.2) is 78.4 Å². The van der Waals surface area contributed by atoms with Gasteiger partial charge >= 0.3 is 0 Å². The molecule has 4 rings (SSSR count). The van der Waals surface area contributed by atoms with Gasteiger partial charge < -0.3 is 0 Å². The molecular formula is C24H19BrCl2. The van der Waals surface area contributed by atoms with E-state index in [2.05, 4.69) is 64.5 Å². The van der Waals surface area contributed by atoms with Crippen molar-refractivity contribution in [3.8, 4) is 0 Å². The minimum atomic E-state index is 0.338. The first kappa shape index (κ1) is 18.8. The quantitative estimate of drug-likeness (QED) is 0.354. The summed E-state index contributed by atoms with van der Waals surface area (Å²) in [4.78, 5) is 0.338. The Hall–Kier alpha value is -1.54. The van der Waals surface area contributed by atoms with Crippen LogP contribution in [0, 0.1) is 0 Å². The molecule has 0 N–H and O–H groups in total. The first-order valence-corrected chi connectivity index (χ1v) is 10.7. The predicted octanol–water partition coefficient (Wildman–Crippen LogP) is 7.55. The van der Waals surface area contributed by atoms with E-state index in [0.717, 1.165) is 29.3 Å². The molecule has 0 radical (unpaired) electrons. The van der Waals surface area contributed by atoms with Gasteiger partial charge in [0.2, 0.25) is 0 Å². The molecular weight excluding hydrogens is 439 g/mol. The molecule has 3 heteroatoms. The maximum absolute atomic E-state index is 6.08. The summed E-state index contributed by atoms with van der Waals surface area (Å²) in [6, 6.07) is 25.1. The molecule has 0 saturated heterocycles. The molecule has 3 aromatic carbocycles. The predicted molar refractivity (Wildman–Crippen MR) is 120 cm³/mol. The summed E-state index contributed by atoms with van der Waals surface area (Å²) in [6.45, 7) is 0. The maximum Gasteiger partial charge on any atom is 0.0406 e. The van der Waals surface area contributed by atoms with E-state index in [-0.39, 0.29) is 0 Å². The van der Waals surface area contributed by atoms with E-state index in [1.807, 2.05) is 24.3 Å². The van der Waals surface area contributed by atoms with Crippen molar-refractivity contribution in [1.29, 1.82) is 0 Å². The molecule has 1 aliphatic rings. The molecule has 0 saturated carbocycles. The molecule has 0 nitrogen and oxygen atoms in total. The zero-order valence-corrected chi connectivity index (χ0v) is 17.9. The Morgan fingerprint density at radius 2 is 1.30 bits per heavy atom. The van der Waals surface area contributed by atoms with Crippen molar-refractivity contribution >= 4 is 44.7 Å². The topological polar surface area (TPSA) is 0 Å². The van der Waals surface area contributed by atoms with E-state index in [0.29, 0.717) is 4.83 Å². The highest BCUT2D eigenvalue weighted by Crippen LogP contribution is 2.38. The molecule has 3 aromatic rings. The highest BCUT2D eigenvalue weighted by molar-refractivity contribution is 9.09. The van der Waals surface area contributed by atoms with Crippen LogP contribution in [0.3, 0.4) is 0 Å². The van der Waals surface area contributed by atoms with Crippen LogP contribution in [-0.4, -0.2) is 4.83 Å². The zero-order chi connectivity index (χ0) is 18.8. The Balaban J connectivity index is 1.78. The second-order valence-electron chi connectivity index (χ2n) is 6.94. The number of alkyl halides is 1. The van der Waals surface area contributed by atoms with Crippen LogP contribution in [0.25, 0.3) is 5.57 Å². The van der Waals surface area contributed by atoms with Gasteiger partial charge in [0.25, 0.3) is 0 Å². The van der Waals surface area contributed by atoms with Crippen molar-refractivity contribution in [3.63, 3.8) is 0 Å². The number of hydrogen-bond donors (Lipinski definition) is 0. The number of hydrogen-bond acceptors (Lipinski definition) is 0. The van der Waals surface area contributed by atoms with Gasteiger partial charge in [0, 0.05) is 14.9 Å². The third-order valence-corrected chi connectivity index (χ3v) is 6.49. The molecule has 136 valence electrons. The minimum Gasteiger partial charge on any atom is -0.0843 e. The molecule has 1 unspecified atom stereocenters. The van der Waals surface area contributed by atoms with Gasteiger partial charge in [-0.1, -0.05) is 87.7 Å². The summed E-state index contributed by atoms with van der Waals surface area (Å²) in [7, 11) is 0. The summed E-state index contributed by atoms with van der Waals surface area (Å²) >= 11 is 16.1. The lowest BCUT2D eigenvalue weighted by molar-refractivity contribution is 0.898. The highest BCUT2D eigenvalue weighted by Gasteiger charge is 2.25. The second-order valence-corrected chi connectivity index (χ2v) is 8.92. The fourth-order valence-corrected chi connectivity index (χ4v) is 4.76. The fourth-order valence-electron chi connectivity index (χ4n) is 3.73.